The molecule has 164 valence electrons. The maximum atomic E-state index is 12.9. The van der Waals surface area contributed by atoms with E-state index in [9.17, 15) is 24.0 Å². The highest BCUT2D eigenvalue weighted by Crippen LogP contribution is 2.38. The van der Waals surface area contributed by atoms with Crippen molar-refractivity contribution in [2.24, 2.45) is 5.92 Å². The van der Waals surface area contributed by atoms with Crippen LogP contribution in [0.2, 0.25) is 0 Å². The Morgan fingerprint density at radius 2 is 2.06 bits per heavy atom. The average molecular weight is 429 g/mol. The molecule has 31 heavy (non-hydrogen) atoms. The van der Waals surface area contributed by atoms with E-state index in [2.05, 4.69) is 10.6 Å². The summed E-state index contributed by atoms with van der Waals surface area (Å²) in [5.74, 6) is -1.68. The molecule has 10 nitrogen and oxygen atoms in total. The first-order chi connectivity index (χ1) is 14.8. The predicted molar refractivity (Wildman–Crippen MR) is 106 cm³/mol. The molecule has 2 fully saturated rings. The lowest BCUT2D eigenvalue weighted by molar-refractivity contribution is -0.147. The minimum Gasteiger partial charge on any atom is -0.482 e. The number of esters is 1. The zero-order valence-corrected chi connectivity index (χ0v) is 17.1. The first kappa shape index (κ1) is 20.8. The quantitative estimate of drug-likeness (QED) is 0.409. The predicted octanol–water partition coefficient (Wildman–Crippen LogP) is 1.24. The van der Waals surface area contributed by atoms with Crippen molar-refractivity contribution < 1.29 is 33.4 Å². The summed E-state index contributed by atoms with van der Waals surface area (Å²) >= 11 is 0. The molecule has 4 amide bonds. The summed E-state index contributed by atoms with van der Waals surface area (Å²) in [5.41, 5.74) is -0.372. The summed E-state index contributed by atoms with van der Waals surface area (Å²) < 4.78 is 10.2. The Labute approximate surface area is 178 Å². The van der Waals surface area contributed by atoms with Gasteiger partial charge in [0.05, 0.1) is 5.69 Å². The Morgan fingerprint density at radius 1 is 1.26 bits per heavy atom. The maximum Gasteiger partial charge on any atom is 0.326 e. The van der Waals surface area contributed by atoms with Gasteiger partial charge in [-0.15, -0.1) is 0 Å². The molecule has 1 aromatic rings. The fourth-order valence-electron chi connectivity index (χ4n) is 4.30. The molecule has 1 aromatic carbocycles. The van der Waals surface area contributed by atoms with Crippen molar-refractivity contribution in [3.05, 3.63) is 23.8 Å². The second kappa shape index (κ2) is 8.01. The highest BCUT2D eigenvalue weighted by atomic mass is 16.5. The number of carbonyl (C=O) groups is 5. The molecule has 1 saturated heterocycles. The Kier molecular flexibility index (Phi) is 5.38. The molecule has 2 N–H and O–H groups in total. The minimum absolute atomic E-state index is 0.0197. The van der Waals surface area contributed by atoms with Crippen molar-refractivity contribution in [3.63, 3.8) is 0 Å². The molecular weight excluding hydrogens is 406 g/mol. The van der Waals surface area contributed by atoms with Crippen LogP contribution >= 0.6 is 0 Å². The number of hydrogen-bond acceptors (Lipinski definition) is 7. The van der Waals surface area contributed by atoms with Gasteiger partial charge < -0.3 is 20.1 Å². The summed E-state index contributed by atoms with van der Waals surface area (Å²) in [5, 5.41) is 5.36. The van der Waals surface area contributed by atoms with Crippen LogP contribution in [0.3, 0.4) is 0 Å². The summed E-state index contributed by atoms with van der Waals surface area (Å²) in [6.07, 6.45) is 3.19. The van der Waals surface area contributed by atoms with E-state index < -0.39 is 42.4 Å². The first-order valence-corrected chi connectivity index (χ1v) is 10.2. The van der Waals surface area contributed by atoms with Gasteiger partial charge in [0.15, 0.2) is 19.0 Å². The molecular formula is C21H23N3O7. The van der Waals surface area contributed by atoms with E-state index in [0.29, 0.717) is 17.9 Å². The Balaban J connectivity index is 1.35. The van der Waals surface area contributed by atoms with Crippen molar-refractivity contribution in [2.45, 2.75) is 38.1 Å². The molecule has 0 unspecified atom stereocenters. The molecule has 0 radical (unpaired) electrons. The zero-order chi connectivity index (χ0) is 22.2. The lowest BCUT2D eigenvalue weighted by atomic mass is 9.73. The van der Waals surface area contributed by atoms with E-state index in [1.54, 1.807) is 6.07 Å². The monoisotopic (exact) mass is 429 g/mol. The third-order valence-corrected chi connectivity index (χ3v) is 6.09. The van der Waals surface area contributed by atoms with E-state index in [1.165, 1.54) is 12.1 Å². The van der Waals surface area contributed by atoms with Crippen LogP contribution in [0.4, 0.5) is 10.5 Å². The van der Waals surface area contributed by atoms with Gasteiger partial charge in [-0.25, -0.2) is 4.79 Å². The van der Waals surface area contributed by atoms with Crippen LogP contribution in [-0.2, 0) is 19.1 Å². The summed E-state index contributed by atoms with van der Waals surface area (Å²) in [6.45, 7) is 0.711. The van der Waals surface area contributed by atoms with Crippen molar-refractivity contribution in [3.8, 4) is 5.75 Å². The van der Waals surface area contributed by atoms with E-state index in [4.69, 9.17) is 9.47 Å². The van der Waals surface area contributed by atoms with Gasteiger partial charge in [-0.05, 0) is 37.0 Å². The number of amides is 4. The topological polar surface area (TPSA) is 131 Å². The number of hydrogen-bond donors (Lipinski definition) is 2. The number of urea groups is 1. The number of rotatable bonds is 5. The third-order valence-electron chi connectivity index (χ3n) is 6.09. The largest absolute Gasteiger partial charge is 0.482 e. The smallest absolute Gasteiger partial charge is 0.326 e. The molecule has 2 aliphatic heterocycles. The maximum absolute atomic E-state index is 12.9. The fraction of sp³-hybridized carbons (Fsp3) is 0.476. The third kappa shape index (κ3) is 3.85. The summed E-state index contributed by atoms with van der Waals surface area (Å²) in [7, 11) is 0. The number of ketones is 1. The molecule has 2 heterocycles. The summed E-state index contributed by atoms with van der Waals surface area (Å²) in [6, 6.07) is 3.86. The van der Waals surface area contributed by atoms with E-state index >= 15 is 0 Å². The van der Waals surface area contributed by atoms with E-state index in [-0.39, 0.29) is 24.0 Å². The fourth-order valence-corrected chi connectivity index (χ4v) is 4.30. The number of carbonyl (C=O) groups excluding carboxylic acids is 5. The van der Waals surface area contributed by atoms with Crippen LogP contribution in [0.25, 0.3) is 0 Å². The molecule has 3 aliphatic rings. The van der Waals surface area contributed by atoms with Gasteiger partial charge in [0.1, 0.15) is 17.8 Å². The number of nitrogens with one attached hydrogen (secondary N) is 2. The zero-order valence-electron chi connectivity index (χ0n) is 17.1. The lowest BCUT2D eigenvalue weighted by Crippen LogP contribution is -2.54. The van der Waals surface area contributed by atoms with Crippen LogP contribution in [-0.4, -0.2) is 59.8 Å². The number of benzene rings is 1. The lowest BCUT2D eigenvalue weighted by Gasteiger charge is -2.36. The van der Waals surface area contributed by atoms with Crippen molar-refractivity contribution in [2.75, 3.05) is 25.1 Å². The molecule has 1 saturated carbocycles. The Bertz CT molecular complexity index is 976. The van der Waals surface area contributed by atoms with Gasteiger partial charge in [-0.1, -0.05) is 19.8 Å². The first-order valence-electron chi connectivity index (χ1n) is 10.2. The highest BCUT2D eigenvalue weighted by Gasteiger charge is 2.55. The van der Waals surface area contributed by atoms with Crippen molar-refractivity contribution in [1.82, 2.24) is 10.2 Å². The molecule has 1 spiro atoms. The van der Waals surface area contributed by atoms with Crippen LogP contribution in [0, 0.1) is 5.92 Å². The number of fused-ring (bicyclic) bond motifs is 1. The number of ether oxygens (including phenoxy) is 2. The number of imide groups is 1. The molecule has 0 aromatic heterocycles. The molecule has 2 atom stereocenters. The summed E-state index contributed by atoms with van der Waals surface area (Å²) in [4.78, 5) is 62.1. The number of nitrogens with zero attached hydrogens (tertiary/aromatic N) is 1. The second-order valence-electron chi connectivity index (χ2n) is 8.07. The standard InChI is InChI=1S/C21H23N3O7/c1-12-4-2-3-7-21(12)19(28)24(20(29)23-21)9-18(27)31-10-15(25)13-5-6-16-14(8-13)22-17(26)11-30-16/h5-6,8,12H,2-4,7,9-11H2,1H3,(H,22,26)(H,23,29)/t12-,21-/m1/s1. The SMILES string of the molecule is C[C@@H]1CCCC[C@@]12NC(=O)N(CC(=O)OCC(=O)c1ccc3c(c1)NC(=O)CO3)C2=O. The Morgan fingerprint density at radius 3 is 2.84 bits per heavy atom. The highest BCUT2D eigenvalue weighted by molar-refractivity contribution is 6.09. The Hall–Kier alpha value is -3.43. The van der Waals surface area contributed by atoms with Crippen molar-refractivity contribution in [1.29, 1.82) is 0 Å². The van der Waals surface area contributed by atoms with Gasteiger partial charge in [-0.3, -0.25) is 24.1 Å². The van der Waals surface area contributed by atoms with Gasteiger partial charge in [0, 0.05) is 5.56 Å². The van der Waals surface area contributed by atoms with Gasteiger partial charge >= 0.3 is 12.0 Å². The van der Waals surface area contributed by atoms with Crippen LogP contribution < -0.4 is 15.4 Å². The van der Waals surface area contributed by atoms with Crippen LogP contribution in [0.5, 0.6) is 5.75 Å². The molecule has 4 rings (SSSR count). The molecule has 1 aliphatic carbocycles. The number of anilines is 1. The van der Waals surface area contributed by atoms with Gasteiger partial charge in [-0.2, -0.15) is 0 Å². The molecule has 0 bridgehead atoms. The average Bonchev–Trinajstić information content (AvgIpc) is 2.98. The molecule has 10 heteroatoms. The van der Waals surface area contributed by atoms with Gasteiger partial charge in [0.2, 0.25) is 0 Å². The second-order valence-corrected chi connectivity index (χ2v) is 8.07. The van der Waals surface area contributed by atoms with Crippen LogP contribution in [0.15, 0.2) is 18.2 Å². The number of Topliss-reactive ketones (excluding diaryl/α,β-unsaturated/α-hetero) is 1. The van der Waals surface area contributed by atoms with E-state index in [1.807, 2.05) is 6.92 Å². The van der Waals surface area contributed by atoms with Crippen molar-refractivity contribution >= 4 is 35.3 Å². The normalized spacial score (nSPS) is 24.9. The van der Waals surface area contributed by atoms with Gasteiger partial charge in [0.25, 0.3) is 11.8 Å². The van der Waals surface area contributed by atoms with E-state index in [0.717, 1.165) is 24.2 Å². The van der Waals surface area contributed by atoms with Crippen LogP contribution in [0.1, 0.15) is 43.0 Å². The minimum atomic E-state index is -0.957.